The van der Waals surface area contributed by atoms with Crippen molar-refractivity contribution in [2.75, 3.05) is 20.1 Å². The van der Waals surface area contributed by atoms with Crippen LogP contribution in [0.1, 0.15) is 43.1 Å². The SMILES string of the molecule is CCCNC(=O)CN(C)C(C)C(=O)c1ccc(CC)cc1. The molecule has 21 heavy (non-hydrogen) atoms. The molecule has 1 unspecified atom stereocenters. The first-order valence-electron chi connectivity index (χ1n) is 7.59. The second-order valence-corrected chi connectivity index (χ2v) is 5.36. The molecule has 1 aromatic carbocycles. The van der Waals surface area contributed by atoms with E-state index in [0.29, 0.717) is 12.1 Å². The summed E-state index contributed by atoms with van der Waals surface area (Å²) in [4.78, 5) is 25.9. The lowest BCUT2D eigenvalue weighted by molar-refractivity contribution is -0.122. The molecule has 0 spiro atoms. The van der Waals surface area contributed by atoms with Crippen molar-refractivity contribution in [3.8, 4) is 0 Å². The van der Waals surface area contributed by atoms with Gasteiger partial charge in [-0.2, -0.15) is 0 Å². The predicted octanol–water partition coefficient (Wildman–Crippen LogP) is 2.28. The number of Topliss-reactive ketones (excluding diaryl/α,β-unsaturated/α-hetero) is 1. The third kappa shape index (κ3) is 5.31. The Labute approximate surface area is 127 Å². The molecule has 0 saturated carbocycles. The van der Waals surface area contributed by atoms with Crippen molar-refractivity contribution in [1.29, 1.82) is 0 Å². The number of rotatable bonds is 8. The monoisotopic (exact) mass is 290 g/mol. The van der Waals surface area contributed by atoms with Crippen molar-refractivity contribution >= 4 is 11.7 Å². The number of likely N-dealkylation sites (N-methyl/N-ethyl adjacent to an activating group) is 1. The van der Waals surface area contributed by atoms with Crippen LogP contribution in [0.2, 0.25) is 0 Å². The van der Waals surface area contributed by atoms with Crippen LogP contribution in [0.15, 0.2) is 24.3 Å². The van der Waals surface area contributed by atoms with Crippen molar-refractivity contribution in [3.05, 3.63) is 35.4 Å². The third-order valence-electron chi connectivity index (χ3n) is 3.65. The lowest BCUT2D eigenvalue weighted by Gasteiger charge is -2.23. The summed E-state index contributed by atoms with van der Waals surface area (Å²) in [5, 5.41) is 2.82. The molecule has 1 atom stereocenters. The van der Waals surface area contributed by atoms with Crippen LogP contribution in [0.4, 0.5) is 0 Å². The maximum atomic E-state index is 12.4. The minimum Gasteiger partial charge on any atom is -0.355 e. The zero-order valence-corrected chi connectivity index (χ0v) is 13.5. The van der Waals surface area contributed by atoms with Gasteiger partial charge in [0.1, 0.15) is 0 Å². The number of nitrogens with one attached hydrogen (secondary N) is 1. The van der Waals surface area contributed by atoms with Crippen LogP contribution in [0.3, 0.4) is 0 Å². The molecule has 1 rings (SSSR count). The van der Waals surface area contributed by atoms with E-state index < -0.39 is 0 Å². The van der Waals surface area contributed by atoms with Gasteiger partial charge in [-0.1, -0.05) is 38.1 Å². The van der Waals surface area contributed by atoms with Gasteiger partial charge >= 0.3 is 0 Å². The molecule has 1 aromatic rings. The van der Waals surface area contributed by atoms with Crippen LogP contribution < -0.4 is 5.32 Å². The highest BCUT2D eigenvalue weighted by atomic mass is 16.2. The lowest BCUT2D eigenvalue weighted by atomic mass is 10.0. The number of hydrogen-bond donors (Lipinski definition) is 1. The lowest BCUT2D eigenvalue weighted by Crippen LogP contribution is -2.43. The highest BCUT2D eigenvalue weighted by Crippen LogP contribution is 2.10. The summed E-state index contributed by atoms with van der Waals surface area (Å²) in [5.74, 6) is 0.00350. The van der Waals surface area contributed by atoms with Gasteiger partial charge in [-0.25, -0.2) is 0 Å². The highest BCUT2D eigenvalue weighted by Gasteiger charge is 2.21. The van der Waals surface area contributed by atoms with Crippen molar-refractivity contribution in [2.24, 2.45) is 0 Å². The van der Waals surface area contributed by atoms with E-state index in [9.17, 15) is 9.59 Å². The van der Waals surface area contributed by atoms with Crippen LogP contribution in [-0.4, -0.2) is 42.8 Å². The fraction of sp³-hybridized carbons (Fsp3) is 0.529. The fourth-order valence-corrected chi connectivity index (χ4v) is 2.03. The second kappa shape index (κ2) is 8.57. The van der Waals surface area contributed by atoms with Gasteiger partial charge in [0.15, 0.2) is 5.78 Å². The summed E-state index contributed by atoms with van der Waals surface area (Å²) < 4.78 is 0. The largest absolute Gasteiger partial charge is 0.355 e. The normalized spacial score (nSPS) is 12.2. The Morgan fingerprint density at radius 2 is 1.81 bits per heavy atom. The minimum absolute atomic E-state index is 0.0414. The highest BCUT2D eigenvalue weighted by molar-refractivity contribution is 6.00. The average molecular weight is 290 g/mol. The predicted molar refractivity (Wildman–Crippen MR) is 85.5 cm³/mol. The molecule has 0 saturated heterocycles. The summed E-state index contributed by atoms with van der Waals surface area (Å²) in [7, 11) is 1.80. The van der Waals surface area contributed by atoms with E-state index in [2.05, 4.69) is 12.2 Å². The quantitative estimate of drug-likeness (QED) is 0.747. The Kier molecular flexibility index (Phi) is 7.09. The van der Waals surface area contributed by atoms with Gasteiger partial charge in [0, 0.05) is 12.1 Å². The zero-order chi connectivity index (χ0) is 15.8. The van der Waals surface area contributed by atoms with E-state index in [1.54, 1.807) is 11.9 Å². The Balaban J connectivity index is 2.61. The second-order valence-electron chi connectivity index (χ2n) is 5.36. The molecule has 0 aromatic heterocycles. The molecule has 116 valence electrons. The van der Waals surface area contributed by atoms with E-state index in [1.165, 1.54) is 5.56 Å². The van der Waals surface area contributed by atoms with Crippen LogP contribution in [-0.2, 0) is 11.2 Å². The smallest absolute Gasteiger partial charge is 0.234 e. The first-order chi connectivity index (χ1) is 9.99. The Morgan fingerprint density at radius 1 is 1.19 bits per heavy atom. The van der Waals surface area contributed by atoms with Gasteiger partial charge in [-0.15, -0.1) is 0 Å². The van der Waals surface area contributed by atoms with Crippen LogP contribution in [0.25, 0.3) is 0 Å². The maximum Gasteiger partial charge on any atom is 0.234 e. The molecule has 0 heterocycles. The van der Waals surface area contributed by atoms with Crippen LogP contribution >= 0.6 is 0 Å². The van der Waals surface area contributed by atoms with Crippen LogP contribution in [0.5, 0.6) is 0 Å². The summed E-state index contributed by atoms with van der Waals surface area (Å²) >= 11 is 0. The molecule has 0 radical (unpaired) electrons. The molecule has 4 heteroatoms. The number of hydrogen-bond acceptors (Lipinski definition) is 3. The summed E-state index contributed by atoms with van der Waals surface area (Å²) in [6.45, 7) is 6.84. The molecule has 1 N–H and O–H groups in total. The molecule has 1 amide bonds. The van der Waals surface area contributed by atoms with E-state index >= 15 is 0 Å². The zero-order valence-electron chi connectivity index (χ0n) is 13.5. The maximum absolute atomic E-state index is 12.4. The molecule has 4 nitrogen and oxygen atoms in total. The van der Waals surface area contributed by atoms with E-state index in [0.717, 1.165) is 12.8 Å². The first kappa shape index (κ1) is 17.4. The van der Waals surface area contributed by atoms with E-state index in [-0.39, 0.29) is 24.3 Å². The van der Waals surface area contributed by atoms with E-state index in [4.69, 9.17) is 0 Å². The minimum atomic E-state index is -0.315. The Hall–Kier alpha value is -1.68. The van der Waals surface area contributed by atoms with Crippen molar-refractivity contribution in [3.63, 3.8) is 0 Å². The van der Waals surface area contributed by atoms with Crippen molar-refractivity contribution in [1.82, 2.24) is 10.2 Å². The number of nitrogens with zero attached hydrogens (tertiary/aromatic N) is 1. The van der Waals surface area contributed by atoms with Gasteiger partial charge in [0.2, 0.25) is 5.91 Å². The number of amides is 1. The first-order valence-corrected chi connectivity index (χ1v) is 7.59. The number of carbonyl (C=O) groups excluding carboxylic acids is 2. The summed E-state index contributed by atoms with van der Waals surface area (Å²) in [6, 6.07) is 7.37. The van der Waals surface area contributed by atoms with Crippen molar-refractivity contribution < 1.29 is 9.59 Å². The van der Waals surface area contributed by atoms with Crippen LogP contribution in [0, 0.1) is 0 Å². The number of benzene rings is 1. The summed E-state index contributed by atoms with van der Waals surface area (Å²) in [6.07, 6.45) is 1.87. The molecule has 0 aliphatic rings. The molecule has 0 fully saturated rings. The molecular formula is C17H26N2O2. The average Bonchev–Trinajstić information content (AvgIpc) is 2.51. The Morgan fingerprint density at radius 3 is 2.33 bits per heavy atom. The fourth-order valence-electron chi connectivity index (χ4n) is 2.03. The molecule has 0 aliphatic carbocycles. The van der Waals surface area contributed by atoms with Gasteiger partial charge < -0.3 is 5.32 Å². The Bertz CT molecular complexity index is 468. The molecule has 0 bridgehead atoms. The number of ketones is 1. The molecule has 0 aliphatic heterocycles. The van der Waals surface area contributed by atoms with Gasteiger partial charge in [0.05, 0.1) is 12.6 Å². The topological polar surface area (TPSA) is 49.4 Å². The van der Waals surface area contributed by atoms with Crippen molar-refractivity contribution in [2.45, 2.75) is 39.7 Å². The number of carbonyl (C=O) groups is 2. The van der Waals surface area contributed by atoms with E-state index in [1.807, 2.05) is 38.1 Å². The standard InChI is InChI=1S/C17H26N2O2/c1-5-11-18-16(20)12-19(4)13(3)17(21)15-9-7-14(6-2)8-10-15/h7-10,13H,5-6,11-12H2,1-4H3,(H,18,20). The molecular weight excluding hydrogens is 264 g/mol. The number of aryl methyl sites for hydroxylation is 1. The summed E-state index contributed by atoms with van der Waals surface area (Å²) in [5.41, 5.74) is 1.91. The third-order valence-corrected chi connectivity index (χ3v) is 3.65. The van der Waals surface area contributed by atoms with Gasteiger partial charge in [-0.05, 0) is 32.4 Å². The van der Waals surface area contributed by atoms with Gasteiger partial charge in [-0.3, -0.25) is 14.5 Å². The van der Waals surface area contributed by atoms with Gasteiger partial charge in [0.25, 0.3) is 0 Å².